The van der Waals surface area contributed by atoms with Crippen molar-refractivity contribution in [1.29, 1.82) is 5.41 Å². The first-order valence-electron chi connectivity index (χ1n) is 8.56. The Hall–Kier alpha value is -1.38. The Balaban J connectivity index is 2.17. The fraction of sp³-hybridized carbons (Fsp3) is 0.667. The van der Waals surface area contributed by atoms with E-state index < -0.39 is 0 Å². The van der Waals surface area contributed by atoms with Crippen molar-refractivity contribution in [1.82, 2.24) is 4.98 Å². The molecule has 0 spiro atoms. The fourth-order valence-electron chi connectivity index (χ4n) is 2.45. The van der Waals surface area contributed by atoms with Gasteiger partial charge in [-0.25, -0.2) is 4.98 Å². The van der Waals surface area contributed by atoms with Crippen LogP contribution in [-0.2, 0) is 0 Å². The van der Waals surface area contributed by atoms with Gasteiger partial charge in [-0.2, -0.15) is 0 Å². The van der Waals surface area contributed by atoms with Crippen LogP contribution in [0.4, 0.5) is 5.82 Å². The normalized spacial score (nSPS) is 10.6. The number of nitrogens with zero attached hydrogens (tertiary/aromatic N) is 1. The number of unbranched alkanes of at least 4 members (excludes halogenated alkanes) is 7. The van der Waals surface area contributed by atoms with Gasteiger partial charge >= 0.3 is 0 Å². The first-order valence-corrected chi connectivity index (χ1v) is 8.56. The number of pyridine rings is 1. The second-order valence-corrected chi connectivity index (χ2v) is 5.63. The first-order chi connectivity index (χ1) is 10.3. The molecule has 0 aliphatic carbocycles. The van der Waals surface area contributed by atoms with Crippen molar-refractivity contribution in [3.05, 3.63) is 23.9 Å². The van der Waals surface area contributed by atoms with E-state index >= 15 is 0 Å². The number of nitrogens with one attached hydrogen (secondary N) is 2. The van der Waals surface area contributed by atoms with E-state index in [9.17, 15) is 0 Å². The number of hydrogen-bond donors (Lipinski definition) is 2. The summed E-state index contributed by atoms with van der Waals surface area (Å²) in [5.41, 5.74) is 1.60. The van der Waals surface area contributed by atoms with E-state index in [0.29, 0.717) is 5.71 Å². The van der Waals surface area contributed by atoms with E-state index in [1.54, 1.807) is 6.20 Å². The molecule has 2 N–H and O–H groups in total. The molecule has 0 atom stereocenters. The number of rotatable bonds is 12. The molecular weight excluding hydrogens is 258 g/mol. The highest BCUT2D eigenvalue weighted by atomic mass is 15.0. The molecule has 1 aromatic rings. The first kappa shape index (κ1) is 17.7. The van der Waals surface area contributed by atoms with E-state index in [4.69, 9.17) is 5.41 Å². The molecule has 0 aliphatic heterocycles. The van der Waals surface area contributed by atoms with Crippen LogP contribution in [0.25, 0.3) is 0 Å². The Morgan fingerprint density at radius 3 is 2.38 bits per heavy atom. The standard InChI is InChI=1S/C18H31N3/c1-3-5-6-7-8-9-10-11-14-20-18-16(17(19)4-2)13-12-15-21-18/h12-13,15,19H,3-11,14H2,1-2H3,(H,20,21). The maximum atomic E-state index is 7.97. The maximum absolute atomic E-state index is 7.97. The summed E-state index contributed by atoms with van der Waals surface area (Å²) in [5, 5.41) is 11.4. The summed E-state index contributed by atoms with van der Waals surface area (Å²) < 4.78 is 0. The summed E-state index contributed by atoms with van der Waals surface area (Å²) >= 11 is 0. The highest BCUT2D eigenvalue weighted by Crippen LogP contribution is 2.14. The zero-order valence-corrected chi connectivity index (χ0v) is 13.8. The molecule has 118 valence electrons. The fourth-order valence-corrected chi connectivity index (χ4v) is 2.45. The van der Waals surface area contributed by atoms with Crippen molar-refractivity contribution < 1.29 is 0 Å². The third-order valence-electron chi connectivity index (χ3n) is 3.81. The number of aromatic nitrogens is 1. The zero-order valence-electron chi connectivity index (χ0n) is 13.8. The van der Waals surface area contributed by atoms with Crippen LogP contribution in [0.2, 0.25) is 0 Å². The SMILES string of the molecule is CCCCCCCCCCNc1ncccc1C(=N)CC. The Kier molecular flexibility index (Phi) is 9.51. The second kappa shape index (κ2) is 11.3. The summed E-state index contributed by atoms with van der Waals surface area (Å²) in [6.07, 6.45) is 13.2. The van der Waals surface area contributed by atoms with E-state index in [0.717, 1.165) is 24.3 Å². The molecule has 0 aromatic carbocycles. The van der Waals surface area contributed by atoms with Crippen molar-refractivity contribution in [2.45, 2.75) is 71.6 Å². The molecule has 3 heteroatoms. The van der Waals surface area contributed by atoms with Crippen molar-refractivity contribution in [3.8, 4) is 0 Å². The van der Waals surface area contributed by atoms with Gasteiger partial charge in [-0.15, -0.1) is 0 Å². The van der Waals surface area contributed by atoms with E-state index in [1.165, 1.54) is 51.4 Å². The van der Waals surface area contributed by atoms with Crippen LogP contribution in [-0.4, -0.2) is 17.2 Å². The van der Waals surface area contributed by atoms with Crippen LogP contribution < -0.4 is 5.32 Å². The Morgan fingerprint density at radius 2 is 1.71 bits per heavy atom. The van der Waals surface area contributed by atoms with Gasteiger partial charge < -0.3 is 10.7 Å². The minimum absolute atomic E-state index is 0.654. The largest absolute Gasteiger partial charge is 0.370 e. The van der Waals surface area contributed by atoms with Gasteiger partial charge in [0.1, 0.15) is 5.82 Å². The van der Waals surface area contributed by atoms with Crippen LogP contribution in [0.15, 0.2) is 18.3 Å². The van der Waals surface area contributed by atoms with Crippen LogP contribution in [0.5, 0.6) is 0 Å². The molecule has 0 aliphatic rings. The lowest BCUT2D eigenvalue weighted by atomic mass is 10.1. The minimum Gasteiger partial charge on any atom is -0.370 e. The molecule has 1 aromatic heterocycles. The van der Waals surface area contributed by atoms with Crippen molar-refractivity contribution >= 4 is 11.5 Å². The molecule has 0 saturated heterocycles. The van der Waals surface area contributed by atoms with Gasteiger partial charge in [-0.1, -0.05) is 58.8 Å². The van der Waals surface area contributed by atoms with Gasteiger partial charge in [0, 0.05) is 24.0 Å². The summed E-state index contributed by atoms with van der Waals surface area (Å²) in [5.74, 6) is 0.868. The number of anilines is 1. The smallest absolute Gasteiger partial charge is 0.135 e. The summed E-state index contributed by atoms with van der Waals surface area (Å²) in [6, 6.07) is 3.88. The summed E-state index contributed by atoms with van der Waals surface area (Å²) in [4.78, 5) is 4.36. The van der Waals surface area contributed by atoms with Crippen LogP contribution in [0.1, 0.15) is 77.2 Å². The average molecular weight is 289 g/mol. The second-order valence-electron chi connectivity index (χ2n) is 5.63. The minimum atomic E-state index is 0.654. The van der Waals surface area contributed by atoms with E-state index in [2.05, 4.69) is 17.2 Å². The molecule has 21 heavy (non-hydrogen) atoms. The number of hydrogen-bond acceptors (Lipinski definition) is 3. The van der Waals surface area contributed by atoms with Gasteiger partial charge in [-0.3, -0.25) is 0 Å². The maximum Gasteiger partial charge on any atom is 0.135 e. The topological polar surface area (TPSA) is 48.8 Å². The van der Waals surface area contributed by atoms with Gasteiger partial charge in [0.25, 0.3) is 0 Å². The van der Waals surface area contributed by atoms with Gasteiger partial charge in [0.05, 0.1) is 0 Å². The Labute approximate surface area is 130 Å². The molecule has 1 rings (SSSR count). The third-order valence-corrected chi connectivity index (χ3v) is 3.81. The highest BCUT2D eigenvalue weighted by molar-refractivity contribution is 6.01. The van der Waals surface area contributed by atoms with Crippen molar-refractivity contribution in [2.75, 3.05) is 11.9 Å². The van der Waals surface area contributed by atoms with Crippen LogP contribution in [0, 0.1) is 5.41 Å². The summed E-state index contributed by atoms with van der Waals surface area (Å²) in [7, 11) is 0. The Morgan fingerprint density at radius 1 is 1.05 bits per heavy atom. The quantitative estimate of drug-likeness (QED) is 0.399. The van der Waals surface area contributed by atoms with Gasteiger partial charge in [0.15, 0.2) is 0 Å². The van der Waals surface area contributed by atoms with Gasteiger partial charge in [0.2, 0.25) is 0 Å². The Bertz CT molecular complexity index is 401. The van der Waals surface area contributed by atoms with E-state index in [-0.39, 0.29) is 0 Å². The highest BCUT2D eigenvalue weighted by Gasteiger charge is 2.06. The molecule has 0 bridgehead atoms. The molecule has 0 unspecified atom stereocenters. The van der Waals surface area contributed by atoms with Crippen LogP contribution in [0.3, 0.4) is 0 Å². The molecular formula is C18H31N3. The monoisotopic (exact) mass is 289 g/mol. The molecule has 1 heterocycles. The van der Waals surface area contributed by atoms with Crippen molar-refractivity contribution in [3.63, 3.8) is 0 Å². The molecule has 0 radical (unpaired) electrons. The molecule has 0 saturated carbocycles. The summed E-state index contributed by atoms with van der Waals surface area (Å²) in [6.45, 7) is 5.23. The van der Waals surface area contributed by atoms with Crippen LogP contribution >= 0.6 is 0 Å². The average Bonchev–Trinajstić information content (AvgIpc) is 2.53. The molecule has 3 nitrogen and oxygen atoms in total. The lowest BCUT2D eigenvalue weighted by molar-refractivity contribution is 0.581. The van der Waals surface area contributed by atoms with E-state index in [1.807, 2.05) is 19.1 Å². The lowest BCUT2D eigenvalue weighted by Crippen LogP contribution is -2.09. The molecule has 0 amide bonds. The third kappa shape index (κ3) is 7.26. The van der Waals surface area contributed by atoms with Crippen molar-refractivity contribution in [2.24, 2.45) is 0 Å². The predicted octanol–water partition coefficient (Wildman–Crippen LogP) is 5.41. The van der Waals surface area contributed by atoms with Gasteiger partial charge in [-0.05, 0) is 25.0 Å². The molecule has 0 fully saturated rings. The zero-order chi connectivity index (χ0) is 15.3. The predicted molar refractivity (Wildman–Crippen MR) is 92.5 cm³/mol. The lowest BCUT2D eigenvalue weighted by Gasteiger charge is -2.10.